The Morgan fingerprint density at radius 1 is 0.557 bits per heavy atom. The van der Waals surface area contributed by atoms with E-state index in [2.05, 4.69) is 47.2 Å². The monoisotopic (exact) mass is 991 g/mol. The lowest BCUT2D eigenvalue weighted by molar-refractivity contribution is -0.136. The smallest absolute Gasteiger partial charge is 0.243 e. The molecule has 1 aromatic carbocycles. The first-order valence-electron chi connectivity index (χ1n) is 23.6. The standard InChI is InChI=1S/C45H79FN16O8/c1-7-25(4)35(43(70)60-33(36(49)63)23-28-15-17-29(46)18-16-28)62-42(69)34(22-24(2)3)61-41(68)32(14-11-21-55-45(52)53)59-40(67)31(13-10-20-54-44(50)51)58-39(66)30(12-8-9-19-47)57-38(65)27(6)56-37(64)26(5)48/h15-18,24-27,30-35H,7-14,19-23,47-48H2,1-6H3,(H2,49,63)(H,56,64)(H,57,65)(H,58,66)(H,59,67)(H,60,70)(H,61,68)(H,62,69)(H4,50,51,54)(H4,52,53,55)/t25-,26-,27-,30-,31-,32-,33-,34-,35-/m0/s1. The van der Waals surface area contributed by atoms with E-state index in [1.54, 1.807) is 13.8 Å². The first-order valence-corrected chi connectivity index (χ1v) is 23.6. The van der Waals surface area contributed by atoms with Crippen molar-refractivity contribution >= 4 is 59.2 Å². The van der Waals surface area contributed by atoms with Crippen molar-refractivity contribution in [2.45, 2.75) is 154 Å². The zero-order valence-corrected chi connectivity index (χ0v) is 41.4. The summed E-state index contributed by atoms with van der Waals surface area (Å²) in [6.45, 7) is 10.4. The highest BCUT2D eigenvalue weighted by Gasteiger charge is 2.35. The van der Waals surface area contributed by atoms with Crippen LogP contribution in [0.2, 0.25) is 0 Å². The second-order valence-electron chi connectivity index (χ2n) is 17.7. The van der Waals surface area contributed by atoms with Crippen molar-refractivity contribution in [2.75, 3.05) is 19.6 Å². The predicted octanol–water partition coefficient (Wildman–Crippen LogP) is -3.06. The van der Waals surface area contributed by atoms with Gasteiger partial charge in [-0.25, -0.2) is 4.39 Å². The van der Waals surface area contributed by atoms with Crippen LogP contribution in [-0.4, -0.2) is 127 Å². The van der Waals surface area contributed by atoms with Crippen LogP contribution < -0.4 is 77.4 Å². The SMILES string of the molecule is CC[C@H](C)[C@H](NC(=O)[C@H](CC(C)C)NC(=O)[C@H](CCCN=C(N)N)NC(=O)[C@H](CCCN=C(N)N)NC(=O)[C@H](CCCCN)NC(=O)[C@H](C)NC(=O)[C@H](C)N)C(=O)N[C@@H](Cc1ccc(F)cc1)C(N)=O. The fourth-order valence-corrected chi connectivity index (χ4v) is 6.83. The minimum Gasteiger partial charge on any atom is -0.370 e. The highest BCUT2D eigenvalue weighted by atomic mass is 19.1. The first kappa shape index (κ1) is 61.4. The van der Waals surface area contributed by atoms with Crippen LogP contribution in [0.1, 0.15) is 105 Å². The number of benzene rings is 1. The van der Waals surface area contributed by atoms with Gasteiger partial charge in [-0.3, -0.25) is 48.3 Å². The summed E-state index contributed by atoms with van der Waals surface area (Å²) in [5, 5.41) is 18.6. The minimum absolute atomic E-state index is 0.0427. The van der Waals surface area contributed by atoms with Crippen LogP contribution >= 0.6 is 0 Å². The van der Waals surface area contributed by atoms with Gasteiger partial charge in [-0.05, 0) is 101 Å². The minimum atomic E-state index is -1.34. The van der Waals surface area contributed by atoms with E-state index in [0.717, 1.165) is 0 Å². The Labute approximate surface area is 409 Å². The molecule has 24 nitrogen and oxygen atoms in total. The number of hydrogen-bond donors (Lipinski definition) is 14. The van der Waals surface area contributed by atoms with Gasteiger partial charge in [0.05, 0.1) is 6.04 Å². The summed E-state index contributed by atoms with van der Waals surface area (Å²) in [6.07, 6.45) is 1.73. The quantitative estimate of drug-likeness (QED) is 0.0189. The summed E-state index contributed by atoms with van der Waals surface area (Å²) in [7, 11) is 0. The molecule has 0 saturated heterocycles. The number of guanidine groups is 2. The van der Waals surface area contributed by atoms with Crippen LogP contribution in [0, 0.1) is 17.7 Å². The molecule has 0 unspecified atom stereocenters. The number of aliphatic imine (C=N–C) groups is 2. The summed E-state index contributed by atoms with van der Waals surface area (Å²) >= 11 is 0. The molecule has 8 amide bonds. The summed E-state index contributed by atoms with van der Waals surface area (Å²) < 4.78 is 13.6. The van der Waals surface area contributed by atoms with Crippen LogP contribution in [0.25, 0.3) is 0 Å². The second kappa shape index (κ2) is 32.2. The van der Waals surface area contributed by atoms with Gasteiger partial charge in [0.25, 0.3) is 0 Å². The molecule has 0 heterocycles. The van der Waals surface area contributed by atoms with Gasteiger partial charge >= 0.3 is 0 Å². The third kappa shape index (κ3) is 24.1. The molecule has 70 heavy (non-hydrogen) atoms. The van der Waals surface area contributed by atoms with E-state index in [1.165, 1.54) is 38.1 Å². The largest absolute Gasteiger partial charge is 0.370 e. The molecule has 0 spiro atoms. The lowest BCUT2D eigenvalue weighted by atomic mass is 9.95. The number of nitrogens with one attached hydrogen (secondary N) is 7. The van der Waals surface area contributed by atoms with Crippen LogP contribution in [0.15, 0.2) is 34.3 Å². The van der Waals surface area contributed by atoms with Crippen LogP contribution in [0.4, 0.5) is 4.39 Å². The number of nitrogens with zero attached hydrogens (tertiary/aromatic N) is 2. The van der Waals surface area contributed by atoms with E-state index in [1.807, 2.05) is 13.8 Å². The highest BCUT2D eigenvalue weighted by molar-refractivity contribution is 5.97. The number of halogens is 1. The normalized spacial score (nSPS) is 14.9. The van der Waals surface area contributed by atoms with Crippen LogP contribution in [-0.2, 0) is 44.8 Å². The van der Waals surface area contributed by atoms with Crippen molar-refractivity contribution < 1.29 is 42.7 Å². The average molecular weight is 991 g/mol. The van der Waals surface area contributed by atoms with Gasteiger partial charge in [0.2, 0.25) is 47.3 Å². The molecule has 21 N–H and O–H groups in total. The Morgan fingerprint density at radius 3 is 1.43 bits per heavy atom. The van der Waals surface area contributed by atoms with E-state index in [0.29, 0.717) is 31.4 Å². The molecule has 0 aliphatic carbocycles. The molecule has 0 aliphatic rings. The Bertz CT molecular complexity index is 1930. The molecule has 394 valence electrons. The first-order chi connectivity index (χ1) is 32.9. The summed E-state index contributed by atoms with van der Waals surface area (Å²) in [5.74, 6) is -7.51. The Hall–Kier alpha value is -6.63. The number of nitrogens with two attached hydrogens (primary N) is 7. The lowest BCUT2D eigenvalue weighted by Gasteiger charge is -2.29. The fourth-order valence-electron chi connectivity index (χ4n) is 6.83. The Kier molecular flexibility index (Phi) is 28.3. The van der Waals surface area contributed by atoms with Gasteiger partial charge in [0.15, 0.2) is 11.9 Å². The topological polar surface area (TPSA) is 428 Å². The number of carbonyl (C=O) groups is 8. The highest BCUT2D eigenvalue weighted by Crippen LogP contribution is 2.14. The van der Waals surface area contributed by atoms with E-state index in [4.69, 9.17) is 40.1 Å². The van der Waals surface area contributed by atoms with Crippen LogP contribution in [0.3, 0.4) is 0 Å². The van der Waals surface area contributed by atoms with Crippen LogP contribution in [0.5, 0.6) is 0 Å². The third-order valence-corrected chi connectivity index (χ3v) is 11.0. The second-order valence-corrected chi connectivity index (χ2v) is 17.7. The number of unbranched alkanes of at least 4 members (excludes halogenated alkanes) is 1. The number of primary amides is 1. The van der Waals surface area contributed by atoms with Gasteiger partial charge in [0, 0.05) is 19.5 Å². The number of hydrogen-bond acceptors (Lipinski definition) is 12. The molecular formula is C45H79FN16O8. The van der Waals surface area contributed by atoms with E-state index in [-0.39, 0.29) is 75.9 Å². The zero-order valence-electron chi connectivity index (χ0n) is 41.4. The van der Waals surface area contributed by atoms with Crippen molar-refractivity contribution in [1.29, 1.82) is 0 Å². The Balaban J connectivity index is 3.55. The number of amides is 8. The van der Waals surface area contributed by atoms with Gasteiger partial charge in [-0.2, -0.15) is 0 Å². The van der Waals surface area contributed by atoms with E-state index in [9.17, 15) is 42.7 Å². The maximum absolute atomic E-state index is 14.3. The fraction of sp³-hybridized carbons (Fsp3) is 0.644. The Morgan fingerprint density at radius 2 is 1.00 bits per heavy atom. The van der Waals surface area contributed by atoms with Crippen molar-refractivity contribution in [2.24, 2.45) is 62.0 Å². The average Bonchev–Trinajstić information content (AvgIpc) is 3.28. The van der Waals surface area contributed by atoms with E-state index < -0.39 is 107 Å². The van der Waals surface area contributed by atoms with E-state index >= 15 is 0 Å². The van der Waals surface area contributed by atoms with Gasteiger partial charge in [-0.1, -0.05) is 46.2 Å². The maximum Gasteiger partial charge on any atom is 0.243 e. The summed E-state index contributed by atoms with van der Waals surface area (Å²) in [6, 6.07) is -4.17. The molecule has 1 aromatic rings. The van der Waals surface area contributed by atoms with Crippen molar-refractivity contribution in [1.82, 2.24) is 37.2 Å². The summed E-state index contributed by atoms with van der Waals surface area (Å²) in [5.41, 5.74) is 39.5. The molecule has 25 heteroatoms. The molecule has 0 fully saturated rings. The molecule has 0 saturated carbocycles. The molecular weight excluding hydrogens is 912 g/mol. The number of rotatable bonds is 33. The molecule has 0 aromatic heterocycles. The lowest BCUT2D eigenvalue weighted by Crippen LogP contribution is -2.61. The zero-order chi connectivity index (χ0) is 53.1. The van der Waals surface area contributed by atoms with Crippen molar-refractivity contribution in [3.05, 3.63) is 35.6 Å². The maximum atomic E-state index is 14.3. The molecule has 9 atom stereocenters. The molecule has 0 bridgehead atoms. The third-order valence-electron chi connectivity index (χ3n) is 11.0. The molecule has 1 rings (SSSR count). The van der Waals surface area contributed by atoms with Gasteiger partial charge < -0.3 is 77.4 Å². The number of carbonyl (C=O) groups excluding carboxylic acids is 8. The van der Waals surface area contributed by atoms with Crippen molar-refractivity contribution in [3.63, 3.8) is 0 Å². The molecule has 0 aliphatic heterocycles. The predicted molar refractivity (Wildman–Crippen MR) is 264 cm³/mol. The van der Waals surface area contributed by atoms with Gasteiger partial charge in [-0.15, -0.1) is 0 Å². The molecule has 0 radical (unpaired) electrons. The van der Waals surface area contributed by atoms with Gasteiger partial charge in [0.1, 0.15) is 48.1 Å². The summed E-state index contributed by atoms with van der Waals surface area (Å²) in [4.78, 5) is 116. The van der Waals surface area contributed by atoms with Crippen molar-refractivity contribution in [3.8, 4) is 0 Å².